The van der Waals surface area contributed by atoms with Crippen molar-refractivity contribution in [1.29, 1.82) is 0 Å². The smallest absolute Gasteiger partial charge is 0.343 e. The van der Waals surface area contributed by atoms with Crippen molar-refractivity contribution in [2.75, 3.05) is 19.1 Å². The molecule has 0 bridgehead atoms. The molecule has 9 heteroatoms. The van der Waals surface area contributed by atoms with Crippen LogP contribution in [0.2, 0.25) is 0 Å². The van der Waals surface area contributed by atoms with Gasteiger partial charge in [-0.05, 0) is 13.0 Å². The lowest BCUT2D eigenvalue weighted by Gasteiger charge is -2.13. The Bertz CT molecular complexity index is 792. The van der Waals surface area contributed by atoms with Crippen LogP contribution in [0.4, 0.5) is 13.2 Å². The van der Waals surface area contributed by atoms with Gasteiger partial charge in [0.1, 0.15) is 11.1 Å². The summed E-state index contributed by atoms with van der Waals surface area (Å²) in [7, 11) is 1.36. The van der Waals surface area contributed by atoms with Crippen molar-refractivity contribution in [1.82, 2.24) is 4.68 Å². The molecule has 1 N–H and O–H groups in total. The lowest BCUT2D eigenvalue weighted by atomic mass is 10.1. The zero-order valence-corrected chi connectivity index (χ0v) is 12.4. The van der Waals surface area contributed by atoms with Crippen molar-refractivity contribution < 1.29 is 22.7 Å². The van der Waals surface area contributed by atoms with Crippen LogP contribution in [-0.4, -0.2) is 24.3 Å². The molecule has 0 aliphatic carbocycles. The van der Waals surface area contributed by atoms with Crippen molar-refractivity contribution in [3.05, 3.63) is 45.5 Å². The van der Waals surface area contributed by atoms with E-state index < -0.39 is 45.3 Å². The summed E-state index contributed by atoms with van der Waals surface area (Å²) in [4.78, 5) is 23.8. The average Bonchev–Trinajstić information content (AvgIpc) is 2.46. The van der Waals surface area contributed by atoms with Crippen LogP contribution >= 0.6 is 12.4 Å². The van der Waals surface area contributed by atoms with Crippen LogP contribution in [0.15, 0.2) is 17.1 Å². The summed E-state index contributed by atoms with van der Waals surface area (Å²) < 4.78 is 46.1. The number of fused-ring (bicyclic) bond motifs is 1. The molecule has 0 fully saturated rings. The van der Waals surface area contributed by atoms with Gasteiger partial charge in [-0.15, -0.1) is 12.4 Å². The first-order valence-electron chi connectivity index (χ1n) is 6.00. The van der Waals surface area contributed by atoms with Gasteiger partial charge in [0, 0.05) is 13.2 Å². The molecule has 2 rings (SSSR count). The summed E-state index contributed by atoms with van der Waals surface area (Å²) in [5.74, 6) is -5.67. The second kappa shape index (κ2) is 6.69. The van der Waals surface area contributed by atoms with Crippen molar-refractivity contribution in [2.24, 2.45) is 0 Å². The molecular weight excluding hydrogens is 325 g/mol. The summed E-state index contributed by atoms with van der Waals surface area (Å²) in [5, 5.41) is -0.466. The van der Waals surface area contributed by atoms with Crippen LogP contribution in [-0.2, 0) is 4.74 Å². The van der Waals surface area contributed by atoms with E-state index in [-0.39, 0.29) is 19.0 Å². The normalized spacial score (nSPS) is 10.2. The number of carbonyl (C=O) groups is 1. The molecule has 2 aromatic rings. The minimum atomic E-state index is -1.70. The van der Waals surface area contributed by atoms with Crippen LogP contribution in [0.25, 0.3) is 10.9 Å². The van der Waals surface area contributed by atoms with E-state index in [1.54, 1.807) is 6.92 Å². The van der Waals surface area contributed by atoms with E-state index in [4.69, 9.17) is 4.74 Å². The largest absolute Gasteiger partial charge is 0.462 e. The molecule has 0 atom stereocenters. The molecule has 5 nitrogen and oxygen atoms in total. The second-order valence-corrected chi connectivity index (χ2v) is 4.07. The number of hydrogen-bond donors (Lipinski definition) is 1. The molecule has 0 aliphatic heterocycles. The molecule has 1 heterocycles. The second-order valence-electron chi connectivity index (χ2n) is 4.07. The molecule has 0 saturated carbocycles. The topological polar surface area (TPSA) is 60.3 Å². The van der Waals surface area contributed by atoms with Crippen molar-refractivity contribution >= 4 is 29.3 Å². The molecule has 0 unspecified atom stereocenters. The predicted octanol–water partition coefficient (Wildman–Crippen LogP) is 2.19. The van der Waals surface area contributed by atoms with E-state index in [2.05, 4.69) is 5.43 Å². The number of ether oxygens (including phenoxy) is 1. The Morgan fingerprint density at radius 2 is 1.95 bits per heavy atom. The molecule has 0 aliphatic rings. The average molecular weight is 337 g/mol. The minimum absolute atomic E-state index is 0. The highest BCUT2D eigenvalue weighted by Gasteiger charge is 2.22. The standard InChI is InChI=1S/C13H11F3N2O3.ClH/c1-3-21-13(20)7-5-18(17-2)11-6(12(7)19)4-8(14)9(15)10(11)16;/h4-5,17H,3H2,1-2H3;1H. The maximum Gasteiger partial charge on any atom is 0.343 e. The van der Waals surface area contributed by atoms with Gasteiger partial charge in [-0.2, -0.15) is 0 Å². The van der Waals surface area contributed by atoms with Gasteiger partial charge >= 0.3 is 5.97 Å². The number of carbonyl (C=O) groups excluding carboxylic acids is 1. The highest BCUT2D eigenvalue weighted by Crippen LogP contribution is 2.21. The summed E-state index contributed by atoms with van der Waals surface area (Å²) in [5.41, 5.74) is 0.622. The molecular formula is C13H12ClF3N2O3. The fourth-order valence-corrected chi connectivity index (χ4v) is 1.92. The number of nitrogens with one attached hydrogen (secondary N) is 1. The first-order valence-corrected chi connectivity index (χ1v) is 6.00. The summed E-state index contributed by atoms with van der Waals surface area (Å²) in [6, 6.07) is 0.548. The first kappa shape index (κ1) is 17.8. The number of aromatic nitrogens is 1. The van der Waals surface area contributed by atoms with Crippen molar-refractivity contribution in [3.8, 4) is 0 Å². The molecule has 0 radical (unpaired) electrons. The van der Waals surface area contributed by atoms with Gasteiger partial charge in [-0.25, -0.2) is 18.0 Å². The van der Waals surface area contributed by atoms with Gasteiger partial charge in [0.05, 0.1) is 12.0 Å². The predicted molar refractivity (Wildman–Crippen MR) is 76.6 cm³/mol. The van der Waals surface area contributed by atoms with E-state index >= 15 is 0 Å². The maximum atomic E-state index is 13.8. The molecule has 1 aromatic heterocycles. The number of rotatable bonds is 3. The summed E-state index contributed by atoms with van der Waals surface area (Å²) in [6.45, 7) is 1.58. The quantitative estimate of drug-likeness (QED) is 0.689. The van der Waals surface area contributed by atoms with Gasteiger partial charge in [-0.3, -0.25) is 9.47 Å². The Kier molecular flexibility index (Phi) is 5.43. The molecule has 1 aromatic carbocycles. The lowest BCUT2D eigenvalue weighted by Crippen LogP contribution is -2.24. The van der Waals surface area contributed by atoms with E-state index in [9.17, 15) is 22.8 Å². The number of halogens is 4. The van der Waals surface area contributed by atoms with Crippen LogP contribution in [0.1, 0.15) is 17.3 Å². The number of benzene rings is 1. The van der Waals surface area contributed by atoms with Gasteiger partial charge in [-0.1, -0.05) is 0 Å². The number of hydrogen-bond acceptors (Lipinski definition) is 4. The Hall–Kier alpha value is -2.22. The lowest BCUT2D eigenvalue weighted by molar-refractivity contribution is 0.0524. The zero-order chi connectivity index (χ0) is 15.7. The highest BCUT2D eigenvalue weighted by molar-refractivity contribution is 5.94. The first-order chi connectivity index (χ1) is 9.92. The monoisotopic (exact) mass is 336 g/mol. The van der Waals surface area contributed by atoms with Crippen LogP contribution in [0, 0.1) is 17.5 Å². The van der Waals surface area contributed by atoms with Gasteiger partial charge in [0.2, 0.25) is 5.43 Å². The molecule has 0 amide bonds. The Morgan fingerprint density at radius 1 is 1.32 bits per heavy atom. The van der Waals surface area contributed by atoms with E-state index in [1.807, 2.05) is 0 Å². The molecule has 22 heavy (non-hydrogen) atoms. The van der Waals surface area contributed by atoms with Crippen LogP contribution in [0.5, 0.6) is 0 Å². The van der Waals surface area contributed by atoms with E-state index in [1.165, 1.54) is 7.05 Å². The van der Waals surface area contributed by atoms with Crippen LogP contribution in [0.3, 0.4) is 0 Å². The Balaban J connectivity index is 0.00000242. The molecule has 120 valence electrons. The minimum Gasteiger partial charge on any atom is -0.462 e. The van der Waals surface area contributed by atoms with Crippen LogP contribution < -0.4 is 10.9 Å². The van der Waals surface area contributed by atoms with Gasteiger partial charge < -0.3 is 10.2 Å². The third-order valence-corrected chi connectivity index (χ3v) is 2.86. The fourth-order valence-electron chi connectivity index (χ4n) is 1.92. The molecule has 0 saturated heterocycles. The van der Waals surface area contributed by atoms with E-state index in [0.29, 0.717) is 6.07 Å². The number of esters is 1. The fraction of sp³-hybridized carbons (Fsp3) is 0.231. The molecule has 0 spiro atoms. The summed E-state index contributed by atoms with van der Waals surface area (Å²) >= 11 is 0. The SMILES string of the molecule is CCOC(=O)c1cn(NC)c2c(F)c(F)c(F)cc2c1=O.Cl. The Labute approximate surface area is 129 Å². The van der Waals surface area contributed by atoms with Gasteiger partial charge in [0.15, 0.2) is 17.5 Å². The van der Waals surface area contributed by atoms with E-state index in [0.717, 1.165) is 10.9 Å². The van der Waals surface area contributed by atoms with Gasteiger partial charge in [0.25, 0.3) is 0 Å². The van der Waals surface area contributed by atoms with Crippen molar-refractivity contribution in [2.45, 2.75) is 6.92 Å². The van der Waals surface area contributed by atoms with Crippen molar-refractivity contribution in [3.63, 3.8) is 0 Å². The third kappa shape index (κ3) is 2.74. The number of pyridine rings is 1. The maximum absolute atomic E-state index is 13.8. The third-order valence-electron chi connectivity index (χ3n) is 2.86. The summed E-state index contributed by atoms with van der Waals surface area (Å²) in [6.07, 6.45) is 0.975. The zero-order valence-electron chi connectivity index (χ0n) is 11.6. The number of nitrogens with zero attached hydrogens (tertiary/aromatic N) is 1. The Morgan fingerprint density at radius 3 is 2.50 bits per heavy atom. The highest BCUT2D eigenvalue weighted by atomic mass is 35.5.